The highest BCUT2D eigenvalue weighted by Crippen LogP contribution is 2.14. The molecule has 5 nitrogen and oxygen atoms in total. The molecule has 0 spiro atoms. The van der Waals surface area contributed by atoms with Gasteiger partial charge in [0, 0.05) is 30.3 Å². The Morgan fingerprint density at radius 1 is 1.19 bits per heavy atom. The normalized spacial score (nSPS) is 13.7. The third-order valence-electron chi connectivity index (χ3n) is 3.86. The van der Waals surface area contributed by atoms with E-state index in [1.54, 1.807) is 19.2 Å². The summed E-state index contributed by atoms with van der Waals surface area (Å²) in [5, 5.41) is 6.34. The predicted octanol–water partition coefficient (Wildman–Crippen LogP) is 2.96. The average Bonchev–Trinajstić information content (AvgIpc) is 2.70. The number of guanidine groups is 1. The number of aliphatic imine (C=N–C) groups is 1. The number of nitrogens with one attached hydrogen (secondary N) is 2. The Morgan fingerprint density at radius 3 is 2.63 bits per heavy atom. The molecule has 0 aliphatic carbocycles. The van der Waals surface area contributed by atoms with Gasteiger partial charge in [0.25, 0.3) is 0 Å². The molecule has 0 fully saturated rings. The minimum absolute atomic E-state index is 0.121. The van der Waals surface area contributed by atoms with Gasteiger partial charge in [-0.05, 0) is 30.7 Å². The molecule has 0 saturated heterocycles. The van der Waals surface area contributed by atoms with Gasteiger partial charge in [-0.25, -0.2) is 4.39 Å². The first-order valence-corrected chi connectivity index (χ1v) is 10.2. The van der Waals surface area contributed by atoms with Crippen molar-refractivity contribution < 1.29 is 13.3 Å². The van der Waals surface area contributed by atoms with Crippen LogP contribution in [-0.4, -0.2) is 42.2 Å². The van der Waals surface area contributed by atoms with Gasteiger partial charge in [0.1, 0.15) is 17.7 Å². The Morgan fingerprint density at radius 2 is 1.96 bits per heavy atom. The maximum Gasteiger partial charge on any atom is 0.191 e. The van der Waals surface area contributed by atoms with E-state index in [-0.39, 0.29) is 11.9 Å². The molecule has 2 atom stereocenters. The van der Waals surface area contributed by atoms with Crippen molar-refractivity contribution in [3.8, 4) is 5.75 Å². The zero-order chi connectivity index (χ0) is 19.5. The molecule has 0 heterocycles. The van der Waals surface area contributed by atoms with Gasteiger partial charge in [-0.2, -0.15) is 0 Å². The molecule has 0 bridgehead atoms. The number of hydrogen-bond donors (Lipinski definition) is 2. The lowest BCUT2D eigenvalue weighted by molar-refractivity contribution is 0.199. The van der Waals surface area contributed by atoms with Gasteiger partial charge in [0.15, 0.2) is 5.96 Å². The van der Waals surface area contributed by atoms with Crippen LogP contribution in [0.1, 0.15) is 13.3 Å². The molecule has 0 radical (unpaired) electrons. The van der Waals surface area contributed by atoms with Crippen LogP contribution in [0, 0.1) is 5.82 Å². The van der Waals surface area contributed by atoms with E-state index in [1.165, 1.54) is 12.1 Å². The first kappa shape index (κ1) is 20.9. The summed E-state index contributed by atoms with van der Waals surface area (Å²) in [5.74, 6) is 1.28. The molecule has 2 rings (SSSR count). The van der Waals surface area contributed by atoms with Gasteiger partial charge in [-0.15, -0.1) is 0 Å². The summed E-state index contributed by atoms with van der Waals surface area (Å²) < 4.78 is 31.3. The van der Waals surface area contributed by atoms with Gasteiger partial charge in [-0.3, -0.25) is 9.20 Å². The molecule has 146 valence electrons. The molecule has 0 amide bonds. The molecule has 0 saturated carbocycles. The van der Waals surface area contributed by atoms with E-state index in [4.69, 9.17) is 4.74 Å². The van der Waals surface area contributed by atoms with Crippen molar-refractivity contribution in [2.45, 2.75) is 24.3 Å². The highest BCUT2D eigenvalue weighted by atomic mass is 32.2. The van der Waals surface area contributed by atoms with Crippen LogP contribution in [0.2, 0.25) is 0 Å². The molecule has 2 N–H and O–H groups in total. The Hall–Kier alpha value is -2.41. The fourth-order valence-corrected chi connectivity index (χ4v) is 3.37. The molecule has 2 unspecified atom stereocenters. The summed E-state index contributed by atoms with van der Waals surface area (Å²) in [6, 6.07) is 15.5. The monoisotopic (exact) mass is 391 g/mol. The van der Waals surface area contributed by atoms with Crippen LogP contribution >= 0.6 is 0 Å². The lowest BCUT2D eigenvalue weighted by Gasteiger charge is -2.20. The zero-order valence-corrected chi connectivity index (χ0v) is 16.5. The predicted molar refractivity (Wildman–Crippen MR) is 108 cm³/mol. The number of ether oxygens (including phenoxy) is 1. The quantitative estimate of drug-likeness (QED) is 0.510. The van der Waals surface area contributed by atoms with Crippen LogP contribution in [0.15, 0.2) is 64.5 Å². The standard InChI is InChI=1S/C20H26FN3O2S/c1-3-17(26-18-9-7-8-16(21)14-18)15-24-20(22-2)23-12-13-27(25)19-10-5-4-6-11-19/h4-11,14,17H,3,12-13,15H2,1-2H3,(H2,22,23,24). The summed E-state index contributed by atoms with van der Waals surface area (Å²) >= 11 is 0. The second kappa shape index (κ2) is 11.3. The Bertz CT molecular complexity index is 756. The first-order valence-electron chi connectivity index (χ1n) is 8.92. The molecule has 0 aromatic heterocycles. The summed E-state index contributed by atoms with van der Waals surface area (Å²) in [6.07, 6.45) is 0.641. The van der Waals surface area contributed by atoms with Gasteiger partial charge in [0.05, 0.1) is 17.3 Å². The molecular formula is C20H26FN3O2S. The van der Waals surface area contributed by atoms with Crippen molar-refractivity contribution in [3.63, 3.8) is 0 Å². The zero-order valence-electron chi connectivity index (χ0n) is 15.7. The highest BCUT2D eigenvalue weighted by molar-refractivity contribution is 7.85. The third kappa shape index (κ3) is 7.38. The smallest absolute Gasteiger partial charge is 0.191 e. The summed E-state index contributed by atoms with van der Waals surface area (Å²) in [7, 11) is 0.628. The summed E-state index contributed by atoms with van der Waals surface area (Å²) in [5.41, 5.74) is 0. The number of rotatable bonds is 9. The van der Waals surface area contributed by atoms with E-state index in [0.29, 0.717) is 30.6 Å². The average molecular weight is 392 g/mol. The van der Waals surface area contributed by atoms with Gasteiger partial charge in [-0.1, -0.05) is 31.2 Å². The van der Waals surface area contributed by atoms with Crippen LogP contribution < -0.4 is 15.4 Å². The molecule has 7 heteroatoms. The first-order chi connectivity index (χ1) is 13.1. The van der Waals surface area contributed by atoms with E-state index >= 15 is 0 Å². The SMILES string of the molecule is CCC(CNC(=NC)NCCS(=O)c1ccccc1)Oc1cccc(F)c1. The summed E-state index contributed by atoms with van der Waals surface area (Å²) in [4.78, 5) is 4.98. The van der Waals surface area contributed by atoms with Crippen molar-refractivity contribution in [1.29, 1.82) is 0 Å². The van der Waals surface area contributed by atoms with Gasteiger partial charge >= 0.3 is 0 Å². The van der Waals surface area contributed by atoms with Gasteiger partial charge in [0.2, 0.25) is 0 Å². The lowest BCUT2D eigenvalue weighted by Crippen LogP contribution is -2.43. The molecular weight excluding hydrogens is 365 g/mol. The Labute approximate surface area is 162 Å². The van der Waals surface area contributed by atoms with E-state index in [0.717, 1.165) is 11.3 Å². The van der Waals surface area contributed by atoms with Crippen LogP contribution in [0.25, 0.3) is 0 Å². The molecule has 0 aliphatic rings. The number of hydrogen-bond acceptors (Lipinski definition) is 3. The molecule has 2 aromatic rings. The van der Waals surface area contributed by atoms with E-state index in [1.807, 2.05) is 37.3 Å². The van der Waals surface area contributed by atoms with Crippen molar-refractivity contribution in [1.82, 2.24) is 10.6 Å². The maximum absolute atomic E-state index is 13.3. The second-order valence-corrected chi connectivity index (χ2v) is 7.42. The van der Waals surface area contributed by atoms with Crippen molar-refractivity contribution >= 4 is 16.8 Å². The van der Waals surface area contributed by atoms with Crippen molar-refractivity contribution in [2.75, 3.05) is 25.9 Å². The summed E-state index contributed by atoms with van der Waals surface area (Å²) in [6.45, 7) is 3.06. The fourth-order valence-electron chi connectivity index (χ4n) is 2.39. The van der Waals surface area contributed by atoms with E-state index < -0.39 is 10.8 Å². The van der Waals surface area contributed by atoms with Crippen LogP contribution in [-0.2, 0) is 10.8 Å². The number of benzene rings is 2. The molecule has 27 heavy (non-hydrogen) atoms. The minimum atomic E-state index is -1.05. The van der Waals surface area contributed by atoms with Crippen molar-refractivity contribution in [3.05, 3.63) is 60.4 Å². The Balaban J connectivity index is 1.76. The topological polar surface area (TPSA) is 62.7 Å². The van der Waals surface area contributed by atoms with Crippen LogP contribution in [0.3, 0.4) is 0 Å². The van der Waals surface area contributed by atoms with E-state index in [9.17, 15) is 8.60 Å². The number of nitrogens with zero attached hydrogens (tertiary/aromatic N) is 1. The lowest BCUT2D eigenvalue weighted by atomic mass is 10.2. The second-order valence-electron chi connectivity index (χ2n) is 5.85. The highest BCUT2D eigenvalue weighted by Gasteiger charge is 2.10. The van der Waals surface area contributed by atoms with Crippen LogP contribution in [0.4, 0.5) is 4.39 Å². The van der Waals surface area contributed by atoms with E-state index in [2.05, 4.69) is 15.6 Å². The largest absolute Gasteiger partial charge is 0.489 e. The van der Waals surface area contributed by atoms with Crippen molar-refractivity contribution in [2.24, 2.45) is 4.99 Å². The number of halogens is 1. The Kier molecular flexibility index (Phi) is 8.77. The fraction of sp³-hybridized carbons (Fsp3) is 0.350. The molecule has 0 aliphatic heterocycles. The minimum Gasteiger partial charge on any atom is -0.489 e. The van der Waals surface area contributed by atoms with Gasteiger partial charge < -0.3 is 15.4 Å². The molecule has 2 aromatic carbocycles. The maximum atomic E-state index is 13.3. The van der Waals surface area contributed by atoms with Crippen LogP contribution in [0.5, 0.6) is 5.75 Å². The third-order valence-corrected chi connectivity index (χ3v) is 5.23.